The maximum atomic E-state index is 5.81. The van der Waals surface area contributed by atoms with Crippen molar-refractivity contribution in [1.82, 2.24) is 0 Å². The first kappa shape index (κ1) is 27.5. The molecule has 0 bridgehead atoms. The molecule has 0 aliphatic carbocycles. The van der Waals surface area contributed by atoms with E-state index in [0.717, 1.165) is 39.3 Å². The Hall–Kier alpha value is -3.73. The molecule has 0 aromatic heterocycles. The summed E-state index contributed by atoms with van der Waals surface area (Å²) in [6, 6.07) is 22.1. The van der Waals surface area contributed by atoms with Crippen LogP contribution in [0.25, 0.3) is 11.1 Å². The second-order valence-corrected chi connectivity index (χ2v) is 9.08. The van der Waals surface area contributed by atoms with Crippen molar-refractivity contribution in [3.8, 4) is 11.1 Å². The smallest absolute Gasteiger partial charge is 0.184 e. The molecule has 0 radical (unpaired) electrons. The summed E-state index contributed by atoms with van der Waals surface area (Å²) < 4.78 is 5.81. The van der Waals surface area contributed by atoms with E-state index in [1.165, 1.54) is 5.56 Å². The first-order valence-corrected chi connectivity index (χ1v) is 12.0. The van der Waals surface area contributed by atoms with Crippen LogP contribution in [0.3, 0.4) is 0 Å². The van der Waals surface area contributed by atoms with Gasteiger partial charge in [0, 0.05) is 16.9 Å². The Balaban J connectivity index is 0.00000210. The number of anilines is 2. The van der Waals surface area contributed by atoms with Gasteiger partial charge in [-0.25, -0.2) is 0 Å². The molecule has 5 heteroatoms. The second-order valence-electron chi connectivity index (χ2n) is 9.08. The van der Waals surface area contributed by atoms with E-state index in [1.807, 2.05) is 77.9 Å². The van der Waals surface area contributed by atoms with Gasteiger partial charge in [-0.2, -0.15) is 0 Å². The fourth-order valence-electron chi connectivity index (χ4n) is 3.40. The Bertz CT molecular complexity index is 1140. The van der Waals surface area contributed by atoms with Crippen molar-refractivity contribution < 1.29 is 9.57 Å². The number of nitrogens with one attached hydrogen (secondary N) is 1. The highest BCUT2D eigenvalue weighted by atomic mass is 16.6. The molecule has 0 spiro atoms. The summed E-state index contributed by atoms with van der Waals surface area (Å²) in [6.07, 6.45) is 0. The monoisotopic (exact) mass is 473 g/mol. The molecule has 3 N–H and O–H groups in total. The van der Waals surface area contributed by atoms with Crippen LogP contribution in [0.15, 0.2) is 84.3 Å². The predicted octanol–water partition coefficient (Wildman–Crippen LogP) is 7.91. The molecule has 0 atom stereocenters. The Morgan fingerprint density at radius 1 is 1.00 bits per heavy atom. The maximum absolute atomic E-state index is 5.81. The maximum Gasteiger partial charge on any atom is 0.184 e. The lowest BCUT2D eigenvalue weighted by molar-refractivity contribution is 0.0565. The van der Waals surface area contributed by atoms with E-state index in [0.29, 0.717) is 12.5 Å². The van der Waals surface area contributed by atoms with Crippen LogP contribution in [-0.4, -0.2) is 11.3 Å². The van der Waals surface area contributed by atoms with Crippen molar-refractivity contribution in [3.05, 3.63) is 95.9 Å². The van der Waals surface area contributed by atoms with E-state index in [1.54, 1.807) is 0 Å². The number of oxime groups is 1. The summed E-state index contributed by atoms with van der Waals surface area (Å²) in [5.41, 5.74) is 13.2. The molecule has 3 rings (SSSR count). The van der Waals surface area contributed by atoms with Gasteiger partial charge in [-0.15, -0.1) is 0 Å². The zero-order valence-electron chi connectivity index (χ0n) is 22.1. The molecule has 35 heavy (non-hydrogen) atoms. The van der Waals surface area contributed by atoms with Crippen LogP contribution in [0, 0.1) is 6.92 Å². The van der Waals surface area contributed by atoms with E-state index >= 15 is 0 Å². The fourth-order valence-corrected chi connectivity index (χ4v) is 3.40. The van der Waals surface area contributed by atoms with Crippen molar-refractivity contribution in [2.24, 2.45) is 5.16 Å². The van der Waals surface area contributed by atoms with Gasteiger partial charge in [-0.3, -0.25) is 0 Å². The molecule has 0 saturated heterocycles. The second kappa shape index (κ2) is 12.7. The highest BCUT2D eigenvalue weighted by molar-refractivity contribution is 6.04. The predicted molar refractivity (Wildman–Crippen MR) is 149 cm³/mol. The highest BCUT2D eigenvalue weighted by Crippen LogP contribution is 2.29. The van der Waals surface area contributed by atoms with Gasteiger partial charge < -0.3 is 20.6 Å². The molecule has 186 valence electrons. The molecular weight excluding hydrogens is 434 g/mol. The summed E-state index contributed by atoms with van der Waals surface area (Å²) >= 11 is 0. The van der Waals surface area contributed by atoms with Crippen LogP contribution in [0.4, 0.5) is 11.4 Å². The van der Waals surface area contributed by atoms with Crippen molar-refractivity contribution in [3.63, 3.8) is 0 Å². The molecule has 0 fully saturated rings. The number of nitrogen functional groups attached to an aromatic ring is 1. The Kier molecular flexibility index (Phi) is 9.95. The topological polar surface area (TPSA) is 68.9 Å². The van der Waals surface area contributed by atoms with E-state index in [-0.39, 0.29) is 5.60 Å². The van der Waals surface area contributed by atoms with Crippen LogP contribution in [0.5, 0.6) is 0 Å². The zero-order chi connectivity index (χ0) is 26.0. The van der Waals surface area contributed by atoms with Crippen LogP contribution < -0.4 is 11.1 Å². The third kappa shape index (κ3) is 8.85. The van der Waals surface area contributed by atoms with Gasteiger partial charge in [-0.1, -0.05) is 67.0 Å². The first-order valence-electron chi connectivity index (χ1n) is 12.0. The SMILES string of the molecule is C=C(Nc1cccc(-c2cc(C)ccc2/C(C)=N/OCc2ccc(N)cc2)c1)OC(C)(C)C.CC. The molecule has 3 aromatic carbocycles. The van der Waals surface area contributed by atoms with Gasteiger partial charge in [0.25, 0.3) is 0 Å². The number of rotatable bonds is 8. The van der Waals surface area contributed by atoms with Crippen molar-refractivity contribution in [2.75, 3.05) is 11.1 Å². The lowest BCUT2D eigenvalue weighted by atomic mass is 9.95. The number of aryl methyl sites for hydroxylation is 1. The number of nitrogens with two attached hydrogens (primary N) is 1. The third-order valence-corrected chi connectivity index (χ3v) is 4.86. The van der Waals surface area contributed by atoms with Gasteiger partial charge >= 0.3 is 0 Å². The van der Waals surface area contributed by atoms with Gasteiger partial charge in [0.05, 0.1) is 5.71 Å². The minimum Gasteiger partial charge on any atom is -0.474 e. The van der Waals surface area contributed by atoms with Gasteiger partial charge in [0.1, 0.15) is 12.2 Å². The Labute approximate surface area is 210 Å². The molecule has 0 saturated carbocycles. The average Bonchev–Trinajstić information content (AvgIpc) is 2.80. The molecule has 0 amide bonds. The van der Waals surface area contributed by atoms with Gasteiger partial charge in [0.2, 0.25) is 0 Å². The Morgan fingerprint density at radius 2 is 1.69 bits per heavy atom. The molecule has 3 aromatic rings. The third-order valence-electron chi connectivity index (χ3n) is 4.86. The summed E-state index contributed by atoms with van der Waals surface area (Å²) in [5, 5.41) is 7.62. The molecule has 0 heterocycles. The minimum absolute atomic E-state index is 0.314. The number of nitrogens with zero attached hydrogens (tertiary/aromatic N) is 1. The Morgan fingerprint density at radius 3 is 2.34 bits per heavy atom. The van der Waals surface area contributed by atoms with E-state index in [2.05, 4.69) is 54.3 Å². The van der Waals surface area contributed by atoms with E-state index in [9.17, 15) is 0 Å². The molecule has 5 nitrogen and oxygen atoms in total. The standard InChI is InChI=1S/C28H33N3O2.C2H6/c1-19-10-15-26(20(2)31-32-18-22-11-13-24(29)14-12-22)27(16-19)23-8-7-9-25(17-23)30-21(3)33-28(4,5)6;1-2/h7-17,30H,3,18,29H2,1-2,4-6H3;1-2H3/b31-20+;. The lowest BCUT2D eigenvalue weighted by Crippen LogP contribution is -2.21. The van der Waals surface area contributed by atoms with Gasteiger partial charge in [-0.05, 0) is 82.2 Å². The number of hydrogen-bond donors (Lipinski definition) is 2. The largest absolute Gasteiger partial charge is 0.474 e. The number of benzene rings is 3. The molecule has 0 aliphatic heterocycles. The summed E-state index contributed by atoms with van der Waals surface area (Å²) in [6.45, 7) is 18.4. The fraction of sp³-hybridized carbons (Fsp3) is 0.300. The first-order chi connectivity index (χ1) is 16.6. The number of ether oxygens (including phenoxy) is 1. The van der Waals surface area contributed by atoms with Crippen molar-refractivity contribution in [2.45, 2.75) is 60.7 Å². The normalized spacial score (nSPS) is 11.2. The molecule has 0 unspecified atom stereocenters. The summed E-state index contributed by atoms with van der Waals surface area (Å²) in [7, 11) is 0. The average molecular weight is 474 g/mol. The lowest BCUT2D eigenvalue weighted by Gasteiger charge is -2.23. The van der Waals surface area contributed by atoms with Crippen LogP contribution in [0.1, 0.15) is 58.2 Å². The summed E-state index contributed by atoms with van der Waals surface area (Å²) in [4.78, 5) is 5.63. The van der Waals surface area contributed by atoms with Crippen LogP contribution >= 0.6 is 0 Å². The van der Waals surface area contributed by atoms with Gasteiger partial charge in [0.15, 0.2) is 5.88 Å². The highest BCUT2D eigenvalue weighted by Gasteiger charge is 2.13. The quantitative estimate of drug-likeness (QED) is 0.151. The van der Waals surface area contributed by atoms with Crippen molar-refractivity contribution >= 4 is 17.1 Å². The van der Waals surface area contributed by atoms with E-state index in [4.69, 9.17) is 15.3 Å². The molecular formula is C30H39N3O2. The van der Waals surface area contributed by atoms with Crippen LogP contribution in [0.2, 0.25) is 0 Å². The molecule has 0 aliphatic rings. The van der Waals surface area contributed by atoms with Crippen molar-refractivity contribution in [1.29, 1.82) is 0 Å². The van der Waals surface area contributed by atoms with Crippen LogP contribution in [-0.2, 0) is 16.2 Å². The summed E-state index contributed by atoms with van der Waals surface area (Å²) in [5.74, 6) is 0.512. The number of hydrogen-bond acceptors (Lipinski definition) is 5. The zero-order valence-corrected chi connectivity index (χ0v) is 22.1. The minimum atomic E-state index is -0.314. The van der Waals surface area contributed by atoms with E-state index < -0.39 is 0 Å².